The van der Waals surface area contributed by atoms with Crippen molar-refractivity contribution < 1.29 is 9.90 Å². The summed E-state index contributed by atoms with van der Waals surface area (Å²) in [5, 5.41) is 9.73. The number of phenolic OH excluding ortho intramolecular Hbond substituents is 1. The summed E-state index contributed by atoms with van der Waals surface area (Å²) in [4.78, 5) is 14.3. The molecule has 0 aromatic heterocycles. The van der Waals surface area contributed by atoms with Crippen LogP contribution in [0.1, 0.15) is 25.3 Å². The van der Waals surface area contributed by atoms with Gasteiger partial charge in [-0.05, 0) is 24.8 Å². The van der Waals surface area contributed by atoms with Crippen LogP contribution in [0.2, 0.25) is 0 Å². The van der Waals surface area contributed by atoms with Gasteiger partial charge in [-0.1, -0.05) is 25.1 Å². The standard InChI is InChI=1S/C12H13NO2/c1-9-6-12(7-9,13-8-14)10-4-2-3-5-11(10)15/h2-5,9,15H,6-7H2,1H3. The van der Waals surface area contributed by atoms with Gasteiger partial charge in [-0.2, -0.15) is 4.99 Å². The van der Waals surface area contributed by atoms with E-state index in [0.29, 0.717) is 5.92 Å². The fourth-order valence-corrected chi connectivity index (χ4v) is 2.42. The van der Waals surface area contributed by atoms with E-state index in [1.54, 1.807) is 18.2 Å². The maximum Gasteiger partial charge on any atom is 0.235 e. The molecule has 0 amide bonds. The number of nitrogens with zero attached hydrogens (tertiary/aromatic N) is 1. The van der Waals surface area contributed by atoms with Gasteiger partial charge in [-0.15, -0.1) is 0 Å². The Morgan fingerprint density at radius 1 is 1.47 bits per heavy atom. The average Bonchev–Trinajstić information content (AvgIpc) is 2.16. The summed E-state index contributed by atoms with van der Waals surface area (Å²) in [5.74, 6) is 0.755. The minimum absolute atomic E-state index is 0.211. The van der Waals surface area contributed by atoms with Crippen LogP contribution in [0.3, 0.4) is 0 Å². The molecule has 0 unspecified atom stereocenters. The molecule has 0 bridgehead atoms. The first-order chi connectivity index (χ1) is 7.18. The van der Waals surface area contributed by atoms with Gasteiger partial charge in [0.25, 0.3) is 0 Å². The van der Waals surface area contributed by atoms with Crippen molar-refractivity contribution in [1.29, 1.82) is 0 Å². The number of hydrogen-bond acceptors (Lipinski definition) is 3. The normalized spacial score (nSPS) is 29.0. The minimum Gasteiger partial charge on any atom is -0.508 e. The summed E-state index contributed by atoms with van der Waals surface area (Å²) < 4.78 is 0. The zero-order valence-electron chi connectivity index (χ0n) is 8.60. The van der Waals surface area contributed by atoms with Gasteiger partial charge in [0.2, 0.25) is 6.08 Å². The smallest absolute Gasteiger partial charge is 0.235 e. The number of hydrogen-bond donors (Lipinski definition) is 1. The lowest BCUT2D eigenvalue weighted by Gasteiger charge is -2.42. The average molecular weight is 203 g/mol. The maximum absolute atomic E-state index is 10.4. The SMILES string of the molecule is CC1CC(N=C=O)(c2ccccc2O)C1. The van der Waals surface area contributed by atoms with Crippen LogP contribution in [0.5, 0.6) is 5.75 Å². The van der Waals surface area contributed by atoms with Gasteiger partial charge in [0.15, 0.2) is 0 Å². The third-order valence-corrected chi connectivity index (χ3v) is 3.04. The van der Waals surface area contributed by atoms with Gasteiger partial charge < -0.3 is 5.11 Å². The Balaban J connectivity index is 2.43. The number of rotatable bonds is 2. The highest BCUT2D eigenvalue weighted by atomic mass is 16.3. The number of aliphatic imine (C=N–C) groups is 1. The number of aromatic hydroxyl groups is 1. The highest BCUT2D eigenvalue weighted by molar-refractivity contribution is 5.44. The van der Waals surface area contributed by atoms with Gasteiger partial charge >= 0.3 is 0 Å². The van der Waals surface area contributed by atoms with Crippen molar-refractivity contribution in [3.63, 3.8) is 0 Å². The molecule has 0 aliphatic heterocycles. The molecular weight excluding hydrogens is 190 g/mol. The molecule has 0 radical (unpaired) electrons. The molecule has 1 aliphatic rings. The molecule has 3 heteroatoms. The van der Waals surface area contributed by atoms with Crippen molar-refractivity contribution in [1.82, 2.24) is 0 Å². The van der Waals surface area contributed by atoms with E-state index in [-0.39, 0.29) is 5.75 Å². The molecule has 0 saturated heterocycles. The molecule has 1 N–H and O–H groups in total. The summed E-state index contributed by atoms with van der Waals surface area (Å²) >= 11 is 0. The van der Waals surface area contributed by atoms with Crippen LogP contribution in [0.4, 0.5) is 0 Å². The lowest BCUT2D eigenvalue weighted by molar-refractivity contribution is 0.162. The maximum atomic E-state index is 10.4. The zero-order chi connectivity index (χ0) is 10.9. The summed E-state index contributed by atoms with van der Waals surface area (Å²) in [6.07, 6.45) is 3.23. The first-order valence-corrected chi connectivity index (χ1v) is 5.05. The third-order valence-electron chi connectivity index (χ3n) is 3.04. The molecule has 2 rings (SSSR count). The second kappa shape index (κ2) is 3.52. The van der Waals surface area contributed by atoms with Gasteiger partial charge in [-0.25, -0.2) is 4.79 Å². The van der Waals surface area contributed by atoms with Crippen molar-refractivity contribution in [3.8, 4) is 5.75 Å². The molecule has 0 spiro atoms. The first kappa shape index (κ1) is 9.94. The van der Waals surface area contributed by atoms with Crippen molar-refractivity contribution >= 4 is 6.08 Å². The molecule has 15 heavy (non-hydrogen) atoms. The highest BCUT2D eigenvalue weighted by Gasteiger charge is 2.45. The third kappa shape index (κ3) is 1.55. The summed E-state index contributed by atoms with van der Waals surface area (Å²) in [7, 11) is 0. The van der Waals surface area contributed by atoms with Crippen LogP contribution in [-0.2, 0) is 10.3 Å². The van der Waals surface area contributed by atoms with E-state index in [9.17, 15) is 9.90 Å². The highest BCUT2D eigenvalue weighted by Crippen LogP contribution is 2.50. The largest absolute Gasteiger partial charge is 0.508 e. The quantitative estimate of drug-likeness (QED) is 0.592. The summed E-state index contributed by atoms with van der Waals surface area (Å²) in [5.41, 5.74) is 0.221. The van der Waals surface area contributed by atoms with Gasteiger partial charge in [0.1, 0.15) is 11.3 Å². The Labute approximate surface area is 88.5 Å². The Bertz CT molecular complexity index is 415. The van der Waals surface area contributed by atoms with Gasteiger partial charge in [-0.3, -0.25) is 0 Å². The van der Waals surface area contributed by atoms with E-state index < -0.39 is 5.54 Å². The van der Waals surface area contributed by atoms with Crippen molar-refractivity contribution in [3.05, 3.63) is 29.8 Å². The van der Waals surface area contributed by atoms with E-state index >= 15 is 0 Å². The van der Waals surface area contributed by atoms with E-state index in [1.807, 2.05) is 12.1 Å². The number of phenols is 1. The van der Waals surface area contributed by atoms with Gasteiger partial charge in [0, 0.05) is 5.56 Å². The van der Waals surface area contributed by atoms with Crippen LogP contribution in [0.25, 0.3) is 0 Å². The van der Waals surface area contributed by atoms with Crippen molar-refractivity contribution in [2.75, 3.05) is 0 Å². The first-order valence-electron chi connectivity index (χ1n) is 5.05. The Hall–Kier alpha value is -1.60. The van der Waals surface area contributed by atoms with E-state index in [4.69, 9.17) is 0 Å². The predicted molar refractivity (Wildman–Crippen MR) is 56.3 cm³/mol. The van der Waals surface area contributed by atoms with Crippen LogP contribution in [0, 0.1) is 5.92 Å². The van der Waals surface area contributed by atoms with E-state index in [2.05, 4.69) is 11.9 Å². The molecule has 78 valence electrons. The Kier molecular flexibility index (Phi) is 2.33. The van der Waals surface area contributed by atoms with Gasteiger partial charge in [0.05, 0.1) is 0 Å². The number of carbonyl (C=O) groups excluding carboxylic acids is 1. The lowest BCUT2D eigenvalue weighted by Crippen LogP contribution is -2.38. The molecular formula is C12H13NO2. The topological polar surface area (TPSA) is 49.7 Å². The molecule has 1 fully saturated rings. The lowest BCUT2D eigenvalue weighted by atomic mass is 9.66. The summed E-state index contributed by atoms with van der Waals surface area (Å²) in [6.45, 7) is 2.11. The molecule has 1 aromatic carbocycles. The van der Waals surface area contributed by atoms with Crippen molar-refractivity contribution in [2.24, 2.45) is 10.9 Å². The fourth-order valence-electron chi connectivity index (χ4n) is 2.42. The molecule has 1 aliphatic carbocycles. The minimum atomic E-state index is -0.521. The molecule has 1 saturated carbocycles. The fraction of sp³-hybridized carbons (Fsp3) is 0.417. The Morgan fingerprint density at radius 3 is 2.67 bits per heavy atom. The zero-order valence-corrected chi connectivity index (χ0v) is 8.60. The second-order valence-electron chi connectivity index (χ2n) is 4.27. The monoisotopic (exact) mass is 203 g/mol. The number of para-hydroxylation sites is 1. The summed E-state index contributed by atoms with van der Waals surface area (Å²) in [6, 6.07) is 7.06. The van der Waals surface area contributed by atoms with Crippen LogP contribution in [-0.4, -0.2) is 11.2 Å². The van der Waals surface area contributed by atoms with E-state index in [0.717, 1.165) is 18.4 Å². The van der Waals surface area contributed by atoms with Crippen LogP contribution >= 0.6 is 0 Å². The molecule has 0 atom stereocenters. The van der Waals surface area contributed by atoms with Crippen molar-refractivity contribution in [2.45, 2.75) is 25.3 Å². The number of isocyanates is 1. The molecule has 1 aromatic rings. The second-order valence-corrected chi connectivity index (χ2v) is 4.27. The molecule has 0 heterocycles. The van der Waals surface area contributed by atoms with Crippen LogP contribution in [0.15, 0.2) is 29.3 Å². The van der Waals surface area contributed by atoms with Crippen LogP contribution < -0.4 is 0 Å². The van der Waals surface area contributed by atoms with E-state index in [1.165, 1.54) is 0 Å². The number of benzene rings is 1. The Morgan fingerprint density at radius 2 is 2.13 bits per heavy atom. The predicted octanol–water partition coefficient (Wildman–Crippen LogP) is 2.35. The molecule has 3 nitrogen and oxygen atoms in total.